The SMILES string of the molecule is CCCC1(C(=O)N(C)C)CCNC1. The zero-order valence-electron chi connectivity index (χ0n) is 8.89. The van der Waals surface area contributed by atoms with E-state index >= 15 is 0 Å². The number of amides is 1. The van der Waals surface area contributed by atoms with Gasteiger partial charge in [0.2, 0.25) is 5.91 Å². The van der Waals surface area contributed by atoms with Crippen LogP contribution < -0.4 is 5.32 Å². The Bertz CT molecular complexity index is 183. The summed E-state index contributed by atoms with van der Waals surface area (Å²) in [6.45, 7) is 3.99. The van der Waals surface area contributed by atoms with E-state index in [1.807, 2.05) is 14.1 Å². The largest absolute Gasteiger partial charge is 0.348 e. The molecule has 1 heterocycles. The molecule has 1 atom stereocenters. The lowest BCUT2D eigenvalue weighted by molar-refractivity contribution is -0.138. The van der Waals surface area contributed by atoms with Crippen LogP contribution >= 0.6 is 0 Å². The van der Waals surface area contributed by atoms with Crippen molar-refractivity contribution in [1.82, 2.24) is 10.2 Å². The van der Waals surface area contributed by atoms with Crippen molar-refractivity contribution in [1.29, 1.82) is 0 Å². The number of hydrogen-bond acceptors (Lipinski definition) is 2. The third kappa shape index (κ3) is 2.02. The standard InChI is InChI=1S/C10H20N2O/c1-4-5-10(6-7-11-8-10)9(13)12(2)3/h11H,4-8H2,1-3H3. The Kier molecular flexibility index (Phi) is 3.31. The van der Waals surface area contributed by atoms with E-state index in [1.54, 1.807) is 4.90 Å². The highest BCUT2D eigenvalue weighted by atomic mass is 16.2. The summed E-state index contributed by atoms with van der Waals surface area (Å²) in [7, 11) is 3.69. The molecule has 76 valence electrons. The van der Waals surface area contributed by atoms with Gasteiger partial charge in [-0.1, -0.05) is 13.3 Å². The first kappa shape index (κ1) is 10.5. The van der Waals surface area contributed by atoms with Crippen molar-refractivity contribution < 1.29 is 4.79 Å². The van der Waals surface area contributed by atoms with Gasteiger partial charge in [-0.3, -0.25) is 4.79 Å². The quantitative estimate of drug-likeness (QED) is 0.705. The third-order valence-corrected chi connectivity index (χ3v) is 2.83. The summed E-state index contributed by atoms with van der Waals surface area (Å²) < 4.78 is 0. The Morgan fingerprint density at radius 1 is 1.54 bits per heavy atom. The van der Waals surface area contributed by atoms with Crippen LogP contribution in [-0.2, 0) is 4.79 Å². The second-order valence-electron chi connectivity index (χ2n) is 4.16. The molecule has 3 heteroatoms. The highest BCUT2D eigenvalue weighted by molar-refractivity contribution is 5.82. The first-order chi connectivity index (χ1) is 6.12. The number of carbonyl (C=O) groups excluding carboxylic acids is 1. The molecule has 0 aromatic rings. The molecule has 1 unspecified atom stereocenters. The van der Waals surface area contributed by atoms with E-state index in [1.165, 1.54) is 0 Å². The van der Waals surface area contributed by atoms with Gasteiger partial charge in [0.05, 0.1) is 5.41 Å². The predicted octanol–water partition coefficient (Wildman–Crippen LogP) is 0.854. The lowest BCUT2D eigenvalue weighted by atomic mass is 9.81. The molecule has 0 aromatic heterocycles. The zero-order valence-corrected chi connectivity index (χ0v) is 8.89. The number of carbonyl (C=O) groups is 1. The van der Waals surface area contributed by atoms with Crippen LogP contribution in [0, 0.1) is 5.41 Å². The summed E-state index contributed by atoms with van der Waals surface area (Å²) >= 11 is 0. The fraction of sp³-hybridized carbons (Fsp3) is 0.900. The molecule has 0 spiro atoms. The molecule has 0 saturated carbocycles. The van der Waals surface area contributed by atoms with E-state index in [4.69, 9.17) is 0 Å². The Labute approximate surface area is 80.5 Å². The second kappa shape index (κ2) is 4.09. The Balaban J connectivity index is 2.71. The molecule has 0 radical (unpaired) electrons. The van der Waals surface area contributed by atoms with Gasteiger partial charge in [0, 0.05) is 20.6 Å². The monoisotopic (exact) mass is 184 g/mol. The number of hydrogen-bond donors (Lipinski definition) is 1. The molecule has 0 bridgehead atoms. The van der Waals surface area contributed by atoms with Crippen LogP contribution in [0.15, 0.2) is 0 Å². The summed E-state index contributed by atoms with van der Waals surface area (Å²) in [4.78, 5) is 13.7. The van der Waals surface area contributed by atoms with Gasteiger partial charge in [0.25, 0.3) is 0 Å². The minimum Gasteiger partial charge on any atom is -0.348 e. The lowest BCUT2D eigenvalue weighted by Gasteiger charge is -2.29. The summed E-state index contributed by atoms with van der Waals surface area (Å²) in [5, 5.41) is 3.29. The van der Waals surface area contributed by atoms with Gasteiger partial charge in [-0.2, -0.15) is 0 Å². The van der Waals surface area contributed by atoms with Gasteiger partial charge < -0.3 is 10.2 Å². The van der Waals surface area contributed by atoms with Crippen LogP contribution in [0.2, 0.25) is 0 Å². The Morgan fingerprint density at radius 2 is 2.23 bits per heavy atom. The number of rotatable bonds is 3. The van der Waals surface area contributed by atoms with Crippen LogP contribution in [0.1, 0.15) is 26.2 Å². The smallest absolute Gasteiger partial charge is 0.229 e. The van der Waals surface area contributed by atoms with E-state index in [9.17, 15) is 4.79 Å². The van der Waals surface area contributed by atoms with Crippen LogP contribution in [-0.4, -0.2) is 38.0 Å². The lowest BCUT2D eigenvalue weighted by Crippen LogP contribution is -2.41. The van der Waals surface area contributed by atoms with E-state index < -0.39 is 0 Å². The predicted molar refractivity (Wildman–Crippen MR) is 53.5 cm³/mol. The van der Waals surface area contributed by atoms with Gasteiger partial charge in [-0.05, 0) is 19.4 Å². The first-order valence-electron chi connectivity index (χ1n) is 5.05. The maximum Gasteiger partial charge on any atom is 0.229 e. The number of nitrogens with one attached hydrogen (secondary N) is 1. The van der Waals surface area contributed by atoms with E-state index in [2.05, 4.69) is 12.2 Å². The normalized spacial score (nSPS) is 27.6. The van der Waals surface area contributed by atoms with Crippen molar-refractivity contribution >= 4 is 5.91 Å². The zero-order chi connectivity index (χ0) is 9.90. The van der Waals surface area contributed by atoms with Crippen molar-refractivity contribution in [2.45, 2.75) is 26.2 Å². The summed E-state index contributed by atoms with van der Waals surface area (Å²) in [5.41, 5.74) is -0.0990. The second-order valence-corrected chi connectivity index (χ2v) is 4.16. The molecule has 1 N–H and O–H groups in total. The van der Waals surface area contributed by atoms with Crippen molar-refractivity contribution in [2.24, 2.45) is 5.41 Å². The number of nitrogens with zero attached hydrogens (tertiary/aromatic N) is 1. The fourth-order valence-corrected chi connectivity index (χ4v) is 2.20. The van der Waals surface area contributed by atoms with Gasteiger partial charge in [0.1, 0.15) is 0 Å². The molecular weight excluding hydrogens is 164 g/mol. The summed E-state index contributed by atoms with van der Waals surface area (Å²) in [5.74, 6) is 0.291. The highest BCUT2D eigenvalue weighted by Gasteiger charge is 2.40. The van der Waals surface area contributed by atoms with Crippen LogP contribution in [0.5, 0.6) is 0 Å². The van der Waals surface area contributed by atoms with Crippen molar-refractivity contribution in [3.05, 3.63) is 0 Å². The molecule has 1 amide bonds. The topological polar surface area (TPSA) is 32.3 Å². The molecule has 1 fully saturated rings. The fourth-order valence-electron chi connectivity index (χ4n) is 2.20. The molecule has 3 nitrogen and oxygen atoms in total. The average Bonchev–Trinajstić information content (AvgIpc) is 2.53. The van der Waals surface area contributed by atoms with E-state index in [0.29, 0.717) is 5.91 Å². The van der Waals surface area contributed by atoms with Crippen molar-refractivity contribution in [2.75, 3.05) is 27.2 Å². The summed E-state index contributed by atoms with van der Waals surface area (Å²) in [6.07, 6.45) is 3.09. The summed E-state index contributed by atoms with van der Waals surface area (Å²) in [6, 6.07) is 0. The molecule has 13 heavy (non-hydrogen) atoms. The maximum atomic E-state index is 11.9. The van der Waals surface area contributed by atoms with Gasteiger partial charge in [0.15, 0.2) is 0 Å². The minimum atomic E-state index is -0.0990. The van der Waals surface area contributed by atoms with Crippen LogP contribution in [0.3, 0.4) is 0 Å². The average molecular weight is 184 g/mol. The molecule has 1 aliphatic rings. The highest BCUT2D eigenvalue weighted by Crippen LogP contribution is 2.32. The van der Waals surface area contributed by atoms with Crippen molar-refractivity contribution in [3.63, 3.8) is 0 Å². The van der Waals surface area contributed by atoms with Gasteiger partial charge in [-0.25, -0.2) is 0 Å². The van der Waals surface area contributed by atoms with E-state index in [0.717, 1.165) is 32.4 Å². The van der Waals surface area contributed by atoms with E-state index in [-0.39, 0.29) is 5.41 Å². The first-order valence-corrected chi connectivity index (χ1v) is 5.05. The minimum absolute atomic E-state index is 0.0990. The maximum absolute atomic E-state index is 11.9. The molecule has 0 aromatic carbocycles. The molecule has 1 rings (SSSR count). The molecule has 0 aliphatic carbocycles. The van der Waals surface area contributed by atoms with Gasteiger partial charge in [-0.15, -0.1) is 0 Å². The Hall–Kier alpha value is -0.570. The van der Waals surface area contributed by atoms with Crippen molar-refractivity contribution in [3.8, 4) is 0 Å². The van der Waals surface area contributed by atoms with Gasteiger partial charge >= 0.3 is 0 Å². The molecule has 1 saturated heterocycles. The van der Waals surface area contributed by atoms with Crippen LogP contribution in [0.4, 0.5) is 0 Å². The van der Waals surface area contributed by atoms with Crippen LogP contribution in [0.25, 0.3) is 0 Å². The third-order valence-electron chi connectivity index (χ3n) is 2.83. The molecule has 1 aliphatic heterocycles. The Morgan fingerprint density at radius 3 is 2.62 bits per heavy atom. The molecular formula is C10H20N2O.